The lowest BCUT2D eigenvalue weighted by molar-refractivity contribution is 0.0519. The van der Waals surface area contributed by atoms with Gasteiger partial charge in [0.1, 0.15) is 5.82 Å². The zero-order valence-electron chi connectivity index (χ0n) is 10.00. The van der Waals surface area contributed by atoms with Gasteiger partial charge >= 0.3 is 0 Å². The van der Waals surface area contributed by atoms with E-state index in [9.17, 15) is 9.50 Å². The average Bonchev–Trinajstić information content (AvgIpc) is 2.29. The highest BCUT2D eigenvalue weighted by atomic mass is 35.5. The maximum absolute atomic E-state index is 13.0. The third-order valence-corrected chi connectivity index (χ3v) is 3.98. The van der Waals surface area contributed by atoms with Crippen LogP contribution in [0.2, 0.25) is 5.02 Å². The number of hydrogen-bond donors (Lipinski definition) is 1. The van der Waals surface area contributed by atoms with Crippen molar-refractivity contribution in [3.05, 3.63) is 34.6 Å². The van der Waals surface area contributed by atoms with E-state index in [1.807, 2.05) is 0 Å². The Hall–Kier alpha value is -0.600. The second kappa shape index (κ2) is 5.36. The van der Waals surface area contributed by atoms with Crippen LogP contribution in [0, 0.1) is 17.7 Å². The molecule has 1 aromatic carbocycles. The molecule has 0 aromatic heterocycles. The van der Waals surface area contributed by atoms with Gasteiger partial charge in [-0.3, -0.25) is 0 Å². The Labute approximate surface area is 107 Å². The maximum Gasteiger partial charge on any atom is 0.141 e. The molecule has 1 fully saturated rings. The first kappa shape index (κ1) is 12.8. The molecule has 0 saturated heterocycles. The molecule has 0 radical (unpaired) electrons. The first-order valence-corrected chi connectivity index (χ1v) is 6.56. The molecule has 17 heavy (non-hydrogen) atoms. The largest absolute Gasteiger partial charge is 0.393 e. The fourth-order valence-electron chi connectivity index (χ4n) is 2.67. The van der Waals surface area contributed by atoms with E-state index >= 15 is 0 Å². The standard InChI is InChI=1S/C14H18ClFO/c1-9-2-5-14(17)11(6-9)7-10-3-4-13(16)12(15)8-10/h3-4,8-9,11,14,17H,2,5-7H2,1H3. The Balaban J connectivity index is 2.06. The second-order valence-electron chi connectivity index (χ2n) is 5.20. The Morgan fingerprint density at radius 1 is 1.41 bits per heavy atom. The number of halogens is 2. The summed E-state index contributed by atoms with van der Waals surface area (Å²) in [5, 5.41) is 10.1. The van der Waals surface area contributed by atoms with Crippen LogP contribution in [0.1, 0.15) is 31.7 Å². The predicted octanol–water partition coefficient (Wildman–Crippen LogP) is 3.82. The molecule has 1 aromatic rings. The SMILES string of the molecule is CC1CCC(O)C(Cc2ccc(F)c(Cl)c2)C1. The Morgan fingerprint density at radius 3 is 2.88 bits per heavy atom. The van der Waals surface area contributed by atoms with Crippen LogP contribution in [0.5, 0.6) is 0 Å². The van der Waals surface area contributed by atoms with Gasteiger partial charge in [0.05, 0.1) is 11.1 Å². The quantitative estimate of drug-likeness (QED) is 0.853. The third kappa shape index (κ3) is 3.20. The summed E-state index contributed by atoms with van der Waals surface area (Å²) in [5.41, 5.74) is 1.01. The van der Waals surface area contributed by atoms with E-state index in [-0.39, 0.29) is 22.9 Å². The first-order chi connectivity index (χ1) is 8.06. The summed E-state index contributed by atoms with van der Waals surface area (Å²) in [7, 11) is 0. The van der Waals surface area contributed by atoms with Gasteiger partial charge in [-0.25, -0.2) is 4.39 Å². The van der Waals surface area contributed by atoms with Crippen LogP contribution in [-0.4, -0.2) is 11.2 Å². The molecule has 1 aliphatic carbocycles. The van der Waals surface area contributed by atoms with Crippen LogP contribution < -0.4 is 0 Å². The van der Waals surface area contributed by atoms with Gasteiger partial charge in [-0.15, -0.1) is 0 Å². The first-order valence-electron chi connectivity index (χ1n) is 6.18. The van der Waals surface area contributed by atoms with Crippen LogP contribution >= 0.6 is 11.6 Å². The smallest absolute Gasteiger partial charge is 0.141 e. The minimum atomic E-state index is -0.382. The molecule has 94 valence electrons. The van der Waals surface area contributed by atoms with Crippen LogP contribution in [0.15, 0.2) is 18.2 Å². The van der Waals surface area contributed by atoms with Gasteiger partial charge in [0, 0.05) is 0 Å². The van der Waals surface area contributed by atoms with Gasteiger partial charge in [0.15, 0.2) is 0 Å². The highest BCUT2D eigenvalue weighted by molar-refractivity contribution is 6.30. The minimum absolute atomic E-state index is 0.167. The topological polar surface area (TPSA) is 20.2 Å². The van der Waals surface area contributed by atoms with Crippen molar-refractivity contribution >= 4 is 11.6 Å². The normalized spacial score (nSPS) is 29.3. The highest BCUT2D eigenvalue weighted by Gasteiger charge is 2.27. The van der Waals surface area contributed by atoms with E-state index < -0.39 is 0 Å². The maximum atomic E-state index is 13.0. The van der Waals surface area contributed by atoms with Crippen LogP contribution in [0.25, 0.3) is 0 Å². The summed E-state index contributed by atoms with van der Waals surface area (Å²) in [6, 6.07) is 4.83. The number of rotatable bonds is 2. The summed E-state index contributed by atoms with van der Waals surface area (Å²) in [4.78, 5) is 0. The van der Waals surface area contributed by atoms with Gasteiger partial charge in [0.25, 0.3) is 0 Å². The van der Waals surface area contributed by atoms with Crippen molar-refractivity contribution in [3.8, 4) is 0 Å². The Bertz CT molecular complexity index is 394. The molecule has 0 amide bonds. The highest BCUT2D eigenvalue weighted by Crippen LogP contribution is 2.32. The molecule has 0 aliphatic heterocycles. The van der Waals surface area contributed by atoms with E-state index in [0.717, 1.165) is 31.2 Å². The average molecular weight is 257 g/mol. The van der Waals surface area contributed by atoms with Gasteiger partial charge in [0.2, 0.25) is 0 Å². The summed E-state index contributed by atoms with van der Waals surface area (Å²) in [6.07, 6.45) is 3.57. The molecule has 0 spiro atoms. The molecule has 1 saturated carbocycles. The zero-order valence-corrected chi connectivity index (χ0v) is 10.8. The van der Waals surface area contributed by atoms with Crippen molar-refractivity contribution in [1.82, 2.24) is 0 Å². The van der Waals surface area contributed by atoms with Crippen molar-refractivity contribution in [1.29, 1.82) is 0 Å². The summed E-state index contributed by atoms with van der Waals surface area (Å²) in [6.45, 7) is 2.22. The van der Waals surface area contributed by atoms with Crippen molar-refractivity contribution in [2.45, 2.75) is 38.7 Å². The van der Waals surface area contributed by atoms with E-state index in [2.05, 4.69) is 6.92 Å². The Kier molecular flexibility index (Phi) is 4.05. The Morgan fingerprint density at radius 2 is 2.18 bits per heavy atom. The molecule has 3 atom stereocenters. The summed E-state index contributed by atoms with van der Waals surface area (Å²) < 4.78 is 13.0. The van der Waals surface area contributed by atoms with Crippen molar-refractivity contribution in [3.63, 3.8) is 0 Å². The van der Waals surface area contributed by atoms with Gasteiger partial charge < -0.3 is 5.11 Å². The van der Waals surface area contributed by atoms with E-state index in [0.29, 0.717) is 5.92 Å². The van der Waals surface area contributed by atoms with Gasteiger partial charge in [-0.05, 0) is 55.2 Å². The van der Waals surface area contributed by atoms with E-state index in [4.69, 9.17) is 11.6 Å². The van der Waals surface area contributed by atoms with Crippen LogP contribution in [-0.2, 0) is 6.42 Å². The van der Waals surface area contributed by atoms with Crippen LogP contribution in [0.4, 0.5) is 4.39 Å². The minimum Gasteiger partial charge on any atom is -0.393 e. The molecule has 1 aliphatic rings. The summed E-state index contributed by atoms with van der Waals surface area (Å²) >= 11 is 5.76. The van der Waals surface area contributed by atoms with Crippen molar-refractivity contribution < 1.29 is 9.50 Å². The lowest BCUT2D eigenvalue weighted by Crippen LogP contribution is -2.29. The molecule has 2 rings (SSSR count). The second-order valence-corrected chi connectivity index (χ2v) is 5.61. The number of hydrogen-bond acceptors (Lipinski definition) is 1. The fraction of sp³-hybridized carbons (Fsp3) is 0.571. The molecule has 0 bridgehead atoms. The molecule has 3 heteroatoms. The number of aliphatic hydroxyl groups is 1. The van der Waals surface area contributed by atoms with E-state index in [1.165, 1.54) is 6.07 Å². The van der Waals surface area contributed by atoms with Crippen molar-refractivity contribution in [2.75, 3.05) is 0 Å². The lowest BCUT2D eigenvalue weighted by Gasteiger charge is -2.31. The molecule has 3 unspecified atom stereocenters. The number of aliphatic hydroxyl groups excluding tert-OH is 1. The zero-order chi connectivity index (χ0) is 12.4. The lowest BCUT2D eigenvalue weighted by atomic mass is 9.77. The monoisotopic (exact) mass is 256 g/mol. The predicted molar refractivity (Wildman–Crippen MR) is 67.6 cm³/mol. The van der Waals surface area contributed by atoms with E-state index in [1.54, 1.807) is 12.1 Å². The van der Waals surface area contributed by atoms with Crippen LogP contribution in [0.3, 0.4) is 0 Å². The van der Waals surface area contributed by atoms with Gasteiger partial charge in [-0.2, -0.15) is 0 Å². The molecule has 1 N–H and O–H groups in total. The summed E-state index contributed by atoms with van der Waals surface area (Å²) in [5.74, 6) is 0.563. The molecular weight excluding hydrogens is 239 g/mol. The fourth-order valence-corrected chi connectivity index (χ4v) is 2.87. The molecular formula is C14H18ClFO. The third-order valence-electron chi connectivity index (χ3n) is 3.69. The van der Waals surface area contributed by atoms with Gasteiger partial charge in [-0.1, -0.05) is 24.6 Å². The van der Waals surface area contributed by atoms with Crippen molar-refractivity contribution in [2.24, 2.45) is 11.8 Å². The molecule has 1 nitrogen and oxygen atoms in total. The number of benzene rings is 1. The molecule has 0 heterocycles.